The summed E-state index contributed by atoms with van der Waals surface area (Å²) in [6.45, 7) is 8.33. The topological polar surface area (TPSA) is 58.8 Å². The molecule has 0 aliphatic heterocycles. The Bertz CT molecular complexity index is 377. The monoisotopic (exact) mass is 309 g/mol. The first-order valence-electron chi connectivity index (χ1n) is 8.49. The van der Waals surface area contributed by atoms with Gasteiger partial charge in [0.25, 0.3) is 0 Å². The van der Waals surface area contributed by atoms with E-state index in [-0.39, 0.29) is 0 Å². The Morgan fingerprint density at radius 2 is 2.05 bits per heavy atom. The number of unbranched alkanes of at least 4 members (excludes halogenated alkanes) is 2. The molecule has 1 rings (SSSR count). The summed E-state index contributed by atoms with van der Waals surface area (Å²) in [5.74, 6) is 1.88. The van der Waals surface area contributed by atoms with Crippen molar-refractivity contribution in [1.82, 2.24) is 10.6 Å². The smallest absolute Gasteiger partial charge is 0.191 e. The van der Waals surface area contributed by atoms with Gasteiger partial charge in [0.2, 0.25) is 0 Å². The number of rotatable bonds is 12. The molecule has 0 atom stereocenters. The highest BCUT2D eigenvalue weighted by Crippen LogP contribution is 1.99. The van der Waals surface area contributed by atoms with E-state index in [1.807, 2.05) is 19.1 Å². The lowest BCUT2D eigenvalue weighted by molar-refractivity contribution is 0.146. The van der Waals surface area contributed by atoms with Crippen LogP contribution >= 0.6 is 0 Å². The Kier molecular flexibility index (Phi) is 11.1. The SMILES string of the molecule is CCCCCNC(=NCCCOCC)NCCc1ccco1. The number of guanidine groups is 1. The maximum Gasteiger partial charge on any atom is 0.191 e. The minimum Gasteiger partial charge on any atom is -0.469 e. The molecule has 0 radical (unpaired) electrons. The number of furan rings is 1. The van der Waals surface area contributed by atoms with Crippen LogP contribution in [0.25, 0.3) is 0 Å². The Morgan fingerprint density at radius 3 is 2.77 bits per heavy atom. The molecule has 126 valence electrons. The summed E-state index contributed by atoms with van der Waals surface area (Å²) in [4.78, 5) is 4.60. The minimum atomic E-state index is 0.771. The van der Waals surface area contributed by atoms with Gasteiger partial charge in [0.15, 0.2) is 5.96 Å². The van der Waals surface area contributed by atoms with Gasteiger partial charge >= 0.3 is 0 Å². The maximum absolute atomic E-state index is 5.34. The lowest BCUT2D eigenvalue weighted by Gasteiger charge is -2.12. The lowest BCUT2D eigenvalue weighted by atomic mass is 10.2. The third kappa shape index (κ3) is 9.45. The van der Waals surface area contributed by atoms with E-state index in [9.17, 15) is 0 Å². The summed E-state index contributed by atoms with van der Waals surface area (Å²) in [6.07, 6.45) is 7.18. The Labute approximate surface area is 134 Å². The molecule has 0 aliphatic rings. The molecule has 0 bridgehead atoms. The van der Waals surface area contributed by atoms with E-state index in [2.05, 4.69) is 22.5 Å². The predicted octanol–water partition coefficient (Wildman–Crippen LogP) is 2.97. The second-order valence-electron chi connectivity index (χ2n) is 5.17. The highest BCUT2D eigenvalue weighted by Gasteiger charge is 2.00. The normalized spacial score (nSPS) is 11.6. The van der Waals surface area contributed by atoms with E-state index in [1.54, 1.807) is 6.26 Å². The number of nitrogens with one attached hydrogen (secondary N) is 2. The fourth-order valence-electron chi connectivity index (χ4n) is 2.02. The van der Waals surface area contributed by atoms with Crippen LogP contribution in [-0.4, -0.2) is 38.8 Å². The molecule has 0 fully saturated rings. The first kappa shape index (κ1) is 18.6. The van der Waals surface area contributed by atoms with Gasteiger partial charge in [-0.05, 0) is 31.9 Å². The van der Waals surface area contributed by atoms with E-state index >= 15 is 0 Å². The lowest BCUT2D eigenvalue weighted by Crippen LogP contribution is -2.39. The van der Waals surface area contributed by atoms with Crippen molar-refractivity contribution < 1.29 is 9.15 Å². The average molecular weight is 309 g/mol. The zero-order chi connectivity index (χ0) is 15.9. The molecular weight excluding hydrogens is 278 g/mol. The van der Waals surface area contributed by atoms with E-state index in [0.717, 1.165) is 57.4 Å². The molecule has 0 aliphatic carbocycles. The van der Waals surface area contributed by atoms with E-state index < -0.39 is 0 Å². The van der Waals surface area contributed by atoms with Crippen LogP contribution in [0.1, 0.15) is 45.3 Å². The third-order valence-corrected chi connectivity index (χ3v) is 3.24. The van der Waals surface area contributed by atoms with Crippen LogP contribution in [0.2, 0.25) is 0 Å². The Balaban J connectivity index is 2.26. The molecule has 1 aromatic heterocycles. The van der Waals surface area contributed by atoms with Gasteiger partial charge in [-0.25, -0.2) is 0 Å². The summed E-state index contributed by atoms with van der Waals surface area (Å²) in [5, 5.41) is 6.76. The molecule has 0 spiro atoms. The van der Waals surface area contributed by atoms with Crippen molar-refractivity contribution in [3.05, 3.63) is 24.2 Å². The van der Waals surface area contributed by atoms with Crippen molar-refractivity contribution in [2.45, 2.75) is 46.0 Å². The predicted molar refractivity (Wildman–Crippen MR) is 91.4 cm³/mol. The van der Waals surface area contributed by atoms with Gasteiger partial charge in [-0.15, -0.1) is 0 Å². The van der Waals surface area contributed by atoms with E-state index in [4.69, 9.17) is 9.15 Å². The van der Waals surface area contributed by atoms with Gasteiger partial charge in [0, 0.05) is 39.3 Å². The molecule has 22 heavy (non-hydrogen) atoms. The summed E-state index contributed by atoms with van der Waals surface area (Å²) in [5.41, 5.74) is 0. The summed E-state index contributed by atoms with van der Waals surface area (Å²) >= 11 is 0. The van der Waals surface area contributed by atoms with E-state index in [0.29, 0.717) is 0 Å². The molecule has 0 amide bonds. The highest BCUT2D eigenvalue weighted by atomic mass is 16.5. The van der Waals surface area contributed by atoms with Crippen molar-refractivity contribution in [3.63, 3.8) is 0 Å². The number of nitrogens with zero attached hydrogens (tertiary/aromatic N) is 1. The van der Waals surface area contributed by atoms with Crippen molar-refractivity contribution in [3.8, 4) is 0 Å². The van der Waals surface area contributed by atoms with Crippen molar-refractivity contribution in [2.24, 2.45) is 4.99 Å². The highest BCUT2D eigenvalue weighted by molar-refractivity contribution is 5.79. The second kappa shape index (κ2) is 13.2. The van der Waals surface area contributed by atoms with Crippen LogP contribution in [0.5, 0.6) is 0 Å². The average Bonchev–Trinajstić information content (AvgIpc) is 3.04. The minimum absolute atomic E-state index is 0.771. The van der Waals surface area contributed by atoms with Crippen molar-refractivity contribution in [2.75, 3.05) is 32.8 Å². The Hall–Kier alpha value is -1.49. The van der Waals surface area contributed by atoms with Crippen molar-refractivity contribution in [1.29, 1.82) is 0 Å². The summed E-state index contributed by atoms with van der Waals surface area (Å²) in [7, 11) is 0. The summed E-state index contributed by atoms with van der Waals surface area (Å²) in [6, 6.07) is 3.91. The molecule has 0 unspecified atom stereocenters. The van der Waals surface area contributed by atoms with Crippen LogP contribution in [-0.2, 0) is 11.2 Å². The summed E-state index contributed by atoms with van der Waals surface area (Å²) < 4.78 is 10.7. The van der Waals surface area contributed by atoms with Crippen LogP contribution in [0.15, 0.2) is 27.8 Å². The standard InChI is InChI=1S/C17H31N3O2/c1-3-5-6-11-18-17(19-12-8-14-21-4-2)20-13-10-16-9-7-15-22-16/h7,9,15H,3-6,8,10-14H2,1-2H3,(H2,18,19,20). The van der Waals surface area contributed by atoms with Gasteiger partial charge < -0.3 is 19.8 Å². The van der Waals surface area contributed by atoms with Gasteiger partial charge in [-0.3, -0.25) is 4.99 Å². The zero-order valence-corrected chi connectivity index (χ0v) is 14.1. The van der Waals surface area contributed by atoms with E-state index in [1.165, 1.54) is 19.3 Å². The van der Waals surface area contributed by atoms with Gasteiger partial charge in [0.1, 0.15) is 5.76 Å². The molecule has 2 N–H and O–H groups in total. The molecular formula is C17H31N3O2. The number of hydrogen-bond donors (Lipinski definition) is 2. The molecule has 0 saturated carbocycles. The number of aliphatic imine (C=N–C) groups is 1. The number of ether oxygens (including phenoxy) is 1. The van der Waals surface area contributed by atoms with Crippen LogP contribution in [0.4, 0.5) is 0 Å². The quantitative estimate of drug-likeness (QED) is 0.354. The fourth-order valence-corrected chi connectivity index (χ4v) is 2.02. The van der Waals surface area contributed by atoms with Gasteiger partial charge in [-0.2, -0.15) is 0 Å². The fraction of sp³-hybridized carbons (Fsp3) is 0.706. The largest absolute Gasteiger partial charge is 0.469 e. The van der Waals surface area contributed by atoms with Gasteiger partial charge in [0.05, 0.1) is 6.26 Å². The van der Waals surface area contributed by atoms with Crippen LogP contribution < -0.4 is 10.6 Å². The molecule has 1 heterocycles. The first-order chi connectivity index (χ1) is 10.9. The molecule has 1 aromatic rings. The third-order valence-electron chi connectivity index (χ3n) is 3.24. The molecule has 5 heteroatoms. The first-order valence-corrected chi connectivity index (χ1v) is 8.49. The van der Waals surface area contributed by atoms with Crippen LogP contribution in [0, 0.1) is 0 Å². The molecule has 5 nitrogen and oxygen atoms in total. The molecule has 0 aromatic carbocycles. The molecule has 0 saturated heterocycles. The second-order valence-corrected chi connectivity index (χ2v) is 5.17. The van der Waals surface area contributed by atoms with Gasteiger partial charge in [-0.1, -0.05) is 19.8 Å². The van der Waals surface area contributed by atoms with Crippen LogP contribution in [0.3, 0.4) is 0 Å². The maximum atomic E-state index is 5.34. The van der Waals surface area contributed by atoms with Crippen molar-refractivity contribution >= 4 is 5.96 Å². The zero-order valence-electron chi connectivity index (χ0n) is 14.1. The number of hydrogen-bond acceptors (Lipinski definition) is 3. The Morgan fingerprint density at radius 1 is 1.18 bits per heavy atom.